The maximum absolute atomic E-state index is 8.59. The zero-order valence-electron chi connectivity index (χ0n) is 11.5. The molecule has 0 amide bonds. The normalized spacial score (nSPS) is 29.8. The Balaban J connectivity index is 2.20. The molecule has 1 rings (SSSR count). The molecule has 102 valence electrons. The minimum Gasteiger partial charge on any atom is -0.394 e. The van der Waals surface area contributed by atoms with E-state index in [-0.39, 0.29) is 6.61 Å². The lowest BCUT2D eigenvalue weighted by Crippen LogP contribution is -2.33. The van der Waals surface area contributed by atoms with E-state index in [0.717, 1.165) is 11.8 Å². The molecule has 17 heavy (non-hydrogen) atoms. The van der Waals surface area contributed by atoms with Crippen LogP contribution in [0, 0.1) is 17.8 Å². The summed E-state index contributed by atoms with van der Waals surface area (Å²) in [6.45, 7) is 8.66. The number of rotatable bonds is 7. The molecule has 1 fully saturated rings. The number of hydrogen-bond acceptors (Lipinski definition) is 3. The van der Waals surface area contributed by atoms with E-state index in [1.807, 2.05) is 0 Å². The van der Waals surface area contributed by atoms with Crippen molar-refractivity contribution < 1.29 is 14.6 Å². The first-order valence-electron chi connectivity index (χ1n) is 6.95. The Morgan fingerprint density at radius 2 is 1.94 bits per heavy atom. The predicted molar refractivity (Wildman–Crippen MR) is 69.0 cm³/mol. The lowest BCUT2D eigenvalue weighted by Gasteiger charge is -2.36. The van der Waals surface area contributed by atoms with Crippen molar-refractivity contribution in [2.24, 2.45) is 17.8 Å². The van der Waals surface area contributed by atoms with Gasteiger partial charge in [-0.2, -0.15) is 0 Å². The van der Waals surface area contributed by atoms with Gasteiger partial charge >= 0.3 is 0 Å². The van der Waals surface area contributed by atoms with Gasteiger partial charge in [-0.3, -0.25) is 0 Å². The van der Waals surface area contributed by atoms with Crippen LogP contribution in [0.2, 0.25) is 0 Å². The van der Waals surface area contributed by atoms with Crippen molar-refractivity contribution in [3.63, 3.8) is 0 Å². The molecule has 0 aliphatic heterocycles. The first-order valence-corrected chi connectivity index (χ1v) is 6.95. The van der Waals surface area contributed by atoms with E-state index in [1.165, 1.54) is 19.3 Å². The van der Waals surface area contributed by atoms with E-state index in [9.17, 15) is 0 Å². The SMILES string of the molecule is CC(C)C1CCC(C)C(OCCOCCO)C1. The summed E-state index contributed by atoms with van der Waals surface area (Å²) in [7, 11) is 0. The van der Waals surface area contributed by atoms with E-state index in [1.54, 1.807) is 0 Å². The van der Waals surface area contributed by atoms with Gasteiger partial charge in [-0.05, 0) is 37.0 Å². The number of hydrogen-bond donors (Lipinski definition) is 1. The van der Waals surface area contributed by atoms with Gasteiger partial charge in [0.1, 0.15) is 0 Å². The van der Waals surface area contributed by atoms with E-state index in [0.29, 0.717) is 31.8 Å². The van der Waals surface area contributed by atoms with Crippen molar-refractivity contribution in [1.29, 1.82) is 0 Å². The van der Waals surface area contributed by atoms with Gasteiger partial charge in [0.2, 0.25) is 0 Å². The van der Waals surface area contributed by atoms with Crippen LogP contribution in [0.1, 0.15) is 40.0 Å². The Labute approximate surface area is 105 Å². The molecule has 3 nitrogen and oxygen atoms in total. The first-order chi connectivity index (χ1) is 8.15. The van der Waals surface area contributed by atoms with E-state index >= 15 is 0 Å². The summed E-state index contributed by atoms with van der Waals surface area (Å²) < 4.78 is 11.1. The van der Waals surface area contributed by atoms with E-state index in [2.05, 4.69) is 20.8 Å². The van der Waals surface area contributed by atoms with Crippen LogP contribution in [0.4, 0.5) is 0 Å². The Kier molecular flexibility index (Phi) is 7.09. The van der Waals surface area contributed by atoms with E-state index in [4.69, 9.17) is 14.6 Å². The van der Waals surface area contributed by atoms with Gasteiger partial charge < -0.3 is 14.6 Å². The summed E-state index contributed by atoms with van der Waals surface area (Å²) in [4.78, 5) is 0. The minimum absolute atomic E-state index is 0.0925. The number of ether oxygens (including phenoxy) is 2. The average molecular weight is 244 g/mol. The Hall–Kier alpha value is -0.120. The standard InChI is InChI=1S/C14H28O3/c1-11(2)13-5-4-12(3)14(10-13)17-9-8-16-7-6-15/h11-15H,4-10H2,1-3H3. The van der Waals surface area contributed by atoms with Gasteiger partial charge in [0.15, 0.2) is 0 Å². The predicted octanol–water partition coefficient (Wildman–Crippen LogP) is 2.47. The highest BCUT2D eigenvalue weighted by Crippen LogP contribution is 2.34. The fourth-order valence-corrected chi connectivity index (χ4v) is 2.57. The summed E-state index contributed by atoms with van der Waals surface area (Å²) in [6.07, 6.45) is 4.22. The van der Waals surface area contributed by atoms with Gasteiger partial charge in [-0.25, -0.2) is 0 Å². The summed E-state index contributed by atoms with van der Waals surface area (Å²) in [5.41, 5.74) is 0. The van der Waals surface area contributed by atoms with Crippen LogP contribution < -0.4 is 0 Å². The minimum atomic E-state index is 0.0925. The molecule has 0 saturated heterocycles. The van der Waals surface area contributed by atoms with Crippen molar-refractivity contribution in [3.05, 3.63) is 0 Å². The van der Waals surface area contributed by atoms with Crippen molar-refractivity contribution in [3.8, 4) is 0 Å². The highest BCUT2D eigenvalue weighted by atomic mass is 16.5. The van der Waals surface area contributed by atoms with Crippen LogP contribution in [-0.2, 0) is 9.47 Å². The first kappa shape index (κ1) is 14.9. The maximum Gasteiger partial charge on any atom is 0.0704 e. The van der Waals surface area contributed by atoms with Crippen molar-refractivity contribution in [1.82, 2.24) is 0 Å². The van der Waals surface area contributed by atoms with Crippen molar-refractivity contribution in [2.45, 2.75) is 46.1 Å². The van der Waals surface area contributed by atoms with Crippen LogP contribution in [0.15, 0.2) is 0 Å². The van der Waals surface area contributed by atoms with Crippen molar-refractivity contribution in [2.75, 3.05) is 26.4 Å². The Morgan fingerprint density at radius 3 is 2.59 bits per heavy atom. The summed E-state index contributed by atoms with van der Waals surface area (Å²) in [5.74, 6) is 2.25. The molecule has 0 aromatic carbocycles. The monoisotopic (exact) mass is 244 g/mol. The molecular weight excluding hydrogens is 216 g/mol. The van der Waals surface area contributed by atoms with Gasteiger partial charge in [0, 0.05) is 0 Å². The molecule has 0 heterocycles. The van der Waals surface area contributed by atoms with Crippen molar-refractivity contribution >= 4 is 0 Å². The molecule has 1 aliphatic rings. The lowest BCUT2D eigenvalue weighted by molar-refractivity contribution is -0.0514. The van der Waals surface area contributed by atoms with Crippen LogP contribution >= 0.6 is 0 Å². The summed E-state index contributed by atoms with van der Waals surface area (Å²) in [5, 5.41) is 8.59. The lowest BCUT2D eigenvalue weighted by atomic mass is 9.76. The molecule has 3 unspecified atom stereocenters. The molecule has 3 atom stereocenters. The van der Waals surface area contributed by atoms with Crippen LogP contribution in [0.25, 0.3) is 0 Å². The summed E-state index contributed by atoms with van der Waals surface area (Å²) in [6, 6.07) is 0. The quantitative estimate of drug-likeness (QED) is 0.699. The molecule has 3 heteroatoms. The average Bonchev–Trinajstić information content (AvgIpc) is 2.30. The third-order valence-corrected chi connectivity index (χ3v) is 3.90. The Bertz CT molecular complexity index is 194. The van der Waals surface area contributed by atoms with Gasteiger partial charge in [0.05, 0.1) is 32.5 Å². The van der Waals surface area contributed by atoms with Crippen LogP contribution in [0.3, 0.4) is 0 Å². The Morgan fingerprint density at radius 1 is 1.18 bits per heavy atom. The maximum atomic E-state index is 8.59. The fraction of sp³-hybridized carbons (Fsp3) is 1.00. The second-order valence-electron chi connectivity index (χ2n) is 5.54. The smallest absolute Gasteiger partial charge is 0.0704 e. The van der Waals surface area contributed by atoms with Crippen LogP contribution in [-0.4, -0.2) is 37.6 Å². The molecular formula is C14H28O3. The molecule has 0 radical (unpaired) electrons. The molecule has 1 aliphatic carbocycles. The number of aliphatic hydroxyl groups is 1. The van der Waals surface area contributed by atoms with Gasteiger partial charge in [0.25, 0.3) is 0 Å². The second kappa shape index (κ2) is 8.06. The number of aliphatic hydroxyl groups excluding tert-OH is 1. The van der Waals surface area contributed by atoms with Gasteiger partial charge in [-0.15, -0.1) is 0 Å². The molecule has 0 aromatic rings. The molecule has 0 aromatic heterocycles. The highest BCUT2D eigenvalue weighted by Gasteiger charge is 2.29. The summed E-state index contributed by atoms with van der Waals surface area (Å²) >= 11 is 0. The van der Waals surface area contributed by atoms with Gasteiger partial charge in [-0.1, -0.05) is 20.8 Å². The topological polar surface area (TPSA) is 38.7 Å². The third kappa shape index (κ3) is 5.36. The van der Waals surface area contributed by atoms with E-state index < -0.39 is 0 Å². The fourth-order valence-electron chi connectivity index (χ4n) is 2.57. The molecule has 1 N–H and O–H groups in total. The highest BCUT2D eigenvalue weighted by molar-refractivity contribution is 4.80. The van der Waals surface area contributed by atoms with Crippen LogP contribution in [0.5, 0.6) is 0 Å². The second-order valence-corrected chi connectivity index (χ2v) is 5.54. The zero-order chi connectivity index (χ0) is 12.7. The molecule has 1 saturated carbocycles. The zero-order valence-corrected chi connectivity index (χ0v) is 11.5. The molecule has 0 bridgehead atoms. The largest absolute Gasteiger partial charge is 0.394 e. The third-order valence-electron chi connectivity index (χ3n) is 3.90. The molecule has 0 spiro atoms.